The predicted molar refractivity (Wildman–Crippen MR) is 94.4 cm³/mol. The first-order valence-corrected chi connectivity index (χ1v) is 11.8. The summed E-state index contributed by atoms with van der Waals surface area (Å²) >= 11 is 2.78. The van der Waals surface area contributed by atoms with Gasteiger partial charge in [-0.25, -0.2) is 9.97 Å². The summed E-state index contributed by atoms with van der Waals surface area (Å²) in [6.45, 7) is 6.28. The van der Waals surface area contributed by atoms with E-state index in [1.54, 1.807) is 0 Å². The molecular formula is C13H24N3O2PS2. The lowest BCUT2D eigenvalue weighted by atomic mass is 10.4. The topological polar surface area (TPSA) is 55.3 Å². The standard InChI is InChI=1S/C13H24N3O2PS2/c1-6-8-20-19(17,18-7-2)21-10-12-9-13(16(4)5)15-11(3)14-12/h9H,6-8,10H2,1-5H3. The minimum Gasteiger partial charge on any atom is -0.363 e. The lowest BCUT2D eigenvalue weighted by molar-refractivity contribution is 0.357. The Balaban J connectivity index is 2.77. The van der Waals surface area contributed by atoms with Crippen LogP contribution >= 0.6 is 28.5 Å². The highest BCUT2D eigenvalue weighted by Gasteiger charge is 2.24. The van der Waals surface area contributed by atoms with Gasteiger partial charge in [-0.2, -0.15) is 0 Å². The van der Waals surface area contributed by atoms with Crippen molar-refractivity contribution < 1.29 is 9.09 Å². The SMILES string of the molecule is CCCSP(=O)(OCC)SCc1cc(N(C)C)nc(C)n1. The maximum absolute atomic E-state index is 12.7. The van der Waals surface area contributed by atoms with Crippen molar-refractivity contribution in [2.45, 2.75) is 32.9 Å². The van der Waals surface area contributed by atoms with E-state index < -0.39 is 5.77 Å². The summed E-state index contributed by atoms with van der Waals surface area (Å²) in [5.74, 6) is 0.307. The van der Waals surface area contributed by atoms with E-state index in [-0.39, 0.29) is 0 Å². The van der Waals surface area contributed by atoms with Crippen LogP contribution in [0.3, 0.4) is 0 Å². The molecule has 0 aliphatic rings. The summed E-state index contributed by atoms with van der Waals surface area (Å²) in [6.07, 6.45) is 0.986. The summed E-state index contributed by atoms with van der Waals surface area (Å²) < 4.78 is 18.2. The molecule has 0 aliphatic carbocycles. The van der Waals surface area contributed by atoms with E-state index in [0.717, 1.165) is 29.5 Å². The zero-order valence-electron chi connectivity index (χ0n) is 13.3. The molecule has 0 saturated heterocycles. The van der Waals surface area contributed by atoms with Gasteiger partial charge < -0.3 is 9.42 Å². The Hall–Kier alpha value is -0.230. The lowest BCUT2D eigenvalue weighted by Crippen LogP contribution is -2.12. The van der Waals surface area contributed by atoms with Crippen LogP contribution in [-0.4, -0.2) is 36.4 Å². The lowest BCUT2D eigenvalue weighted by Gasteiger charge is -2.17. The third kappa shape index (κ3) is 6.59. The highest BCUT2D eigenvalue weighted by molar-refractivity contribution is 8.89. The van der Waals surface area contributed by atoms with E-state index >= 15 is 0 Å². The van der Waals surface area contributed by atoms with Crippen molar-refractivity contribution >= 4 is 34.4 Å². The molecule has 1 heterocycles. The average Bonchev–Trinajstić information content (AvgIpc) is 2.43. The highest BCUT2D eigenvalue weighted by atomic mass is 33.1. The zero-order chi connectivity index (χ0) is 15.9. The van der Waals surface area contributed by atoms with E-state index in [0.29, 0.717) is 12.4 Å². The Bertz CT molecular complexity index is 500. The molecule has 0 radical (unpaired) electrons. The highest BCUT2D eigenvalue weighted by Crippen LogP contribution is 2.70. The number of hydrogen-bond acceptors (Lipinski definition) is 7. The van der Waals surface area contributed by atoms with Gasteiger partial charge in [0.05, 0.1) is 12.3 Å². The summed E-state index contributed by atoms with van der Waals surface area (Å²) in [7, 11) is 3.89. The molecule has 1 atom stereocenters. The van der Waals surface area contributed by atoms with Gasteiger partial charge in [0.25, 0.3) is 0 Å². The Morgan fingerprint density at radius 2 is 2.00 bits per heavy atom. The molecule has 0 spiro atoms. The van der Waals surface area contributed by atoms with Crippen molar-refractivity contribution in [2.75, 3.05) is 31.4 Å². The third-order valence-electron chi connectivity index (χ3n) is 2.45. The van der Waals surface area contributed by atoms with Gasteiger partial charge in [0.2, 0.25) is 0 Å². The molecule has 1 unspecified atom stereocenters. The Kier molecular flexibility index (Phi) is 8.09. The molecule has 0 fully saturated rings. The number of hydrogen-bond donors (Lipinski definition) is 0. The zero-order valence-corrected chi connectivity index (χ0v) is 15.9. The monoisotopic (exact) mass is 349 g/mol. The van der Waals surface area contributed by atoms with Gasteiger partial charge in [-0.05, 0) is 20.3 Å². The van der Waals surface area contributed by atoms with Gasteiger partial charge in [-0.15, -0.1) is 0 Å². The predicted octanol–water partition coefficient (Wildman–Crippen LogP) is 4.37. The van der Waals surface area contributed by atoms with Gasteiger partial charge in [0, 0.05) is 31.7 Å². The van der Waals surface area contributed by atoms with Crippen molar-refractivity contribution in [1.82, 2.24) is 9.97 Å². The van der Waals surface area contributed by atoms with Crippen molar-refractivity contribution in [3.63, 3.8) is 0 Å². The third-order valence-corrected chi connectivity index (χ3v) is 10.0. The number of anilines is 1. The van der Waals surface area contributed by atoms with E-state index in [4.69, 9.17) is 4.52 Å². The Morgan fingerprint density at radius 3 is 2.57 bits per heavy atom. The molecule has 21 heavy (non-hydrogen) atoms. The van der Waals surface area contributed by atoms with E-state index in [9.17, 15) is 4.57 Å². The molecule has 0 amide bonds. The molecule has 0 aromatic carbocycles. The fourth-order valence-corrected chi connectivity index (χ4v) is 8.13. The van der Waals surface area contributed by atoms with Crippen LogP contribution in [0, 0.1) is 6.92 Å². The maximum Gasteiger partial charge on any atom is 0.313 e. The van der Waals surface area contributed by atoms with Crippen LogP contribution in [0.5, 0.6) is 0 Å². The summed E-state index contributed by atoms with van der Waals surface area (Å²) in [4.78, 5) is 10.7. The van der Waals surface area contributed by atoms with Gasteiger partial charge in [-0.3, -0.25) is 4.57 Å². The second-order valence-corrected chi connectivity index (χ2v) is 12.1. The minimum absolute atomic E-state index is 0.465. The number of rotatable bonds is 9. The number of aryl methyl sites for hydroxylation is 1. The number of aromatic nitrogens is 2. The van der Waals surface area contributed by atoms with Crippen LogP contribution in [0.1, 0.15) is 31.8 Å². The van der Waals surface area contributed by atoms with Gasteiger partial charge in [-0.1, -0.05) is 29.7 Å². The summed E-state index contributed by atoms with van der Waals surface area (Å²) in [6, 6.07) is 1.93. The first-order valence-electron chi connectivity index (χ1n) is 6.95. The maximum atomic E-state index is 12.7. The largest absolute Gasteiger partial charge is 0.363 e. The number of nitrogens with zero attached hydrogens (tertiary/aromatic N) is 3. The minimum atomic E-state index is -2.70. The molecule has 0 N–H and O–H groups in total. The second kappa shape index (κ2) is 9.03. The van der Waals surface area contributed by atoms with Crippen LogP contribution in [0.25, 0.3) is 0 Å². The van der Waals surface area contributed by atoms with E-state index in [2.05, 4.69) is 16.9 Å². The van der Waals surface area contributed by atoms with E-state index in [1.165, 1.54) is 22.8 Å². The molecule has 0 aliphatic heterocycles. The van der Waals surface area contributed by atoms with E-state index in [1.807, 2.05) is 38.9 Å². The van der Waals surface area contributed by atoms with Crippen molar-refractivity contribution in [1.29, 1.82) is 0 Å². The van der Waals surface area contributed by atoms with Crippen LogP contribution in [0.2, 0.25) is 0 Å². The Labute approximate surface area is 135 Å². The van der Waals surface area contributed by atoms with Crippen LogP contribution in [-0.2, 0) is 14.8 Å². The fourth-order valence-electron chi connectivity index (χ4n) is 1.53. The smallest absolute Gasteiger partial charge is 0.313 e. The average molecular weight is 349 g/mol. The molecule has 8 heteroatoms. The molecule has 1 aromatic heterocycles. The molecule has 120 valence electrons. The normalized spacial score (nSPS) is 14.0. The van der Waals surface area contributed by atoms with Crippen LogP contribution in [0.15, 0.2) is 6.07 Å². The van der Waals surface area contributed by atoms with Crippen molar-refractivity contribution in [3.8, 4) is 0 Å². The van der Waals surface area contributed by atoms with Crippen molar-refractivity contribution in [3.05, 3.63) is 17.6 Å². The second-order valence-electron chi connectivity index (χ2n) is 4.63. The molecular weight excluding hydrogens is 325 g/mol. The molecule has 1 aromatic rings. The first kappa shape index (κ1) is 18.8. The molecule has 1 rings (SSSR count). The Morgan fingerprint density at radius 1 is 1.29 bits per heavy atom. The van der Waals surface area contributed by atoms with Gasteiger partial charge in [0.1, 0.15) is 11.6 Å². The summed E-state index contributed by atoms with van der Waals surface area (Å²) in [5, 5.41) is 0. The van der Waals surface area contributed by atoms with Gasteiger partial charge >= 0.3 is 5.77 Å². The van der Waals surface area contributed by atoms with Crippen LogP contribution in [0.4, 0.5) is 5.82 Å². The molecule has 0 bridgehead atoms. The van der Waals surface area contributed by atoms with Gasteiger partial charge in [0.15, 0.2) is 0 Å². The quantitative estimate of drug-likeness (QED) is 0.613. The molecule has 5 nitrogen and oxygen atoms in total. The summed E-state index contributed by atoms with van der Waals surface area (Å²) in [5.41, 5.74) is 0.883. The van der Waals surface area contributed by atoms with Crippen molar-refractivity contribution in [2.24, 2.45) is 0 Å². The first-order chi connectivity index (χ1) is 9.90. The fraction of sp³-hybridized carbons (Fsp3) is 0.692. The molecule has 0 saturated carbocycles. The van der Waals surface area contributed by atoms with Crippen LogP contribution < -0.4 is 4.90 Å².